The molecular formula is C8H8BrF3N2O. The quantitative estimate of drug-likeness (QED) is 0.510. The number of alkyl halides is 4. The summed E-state index contributed by atoms with van der Waals surface area (Å²) in [5, 5.41) is -2.01. The van der Waals surface area contributed by atoms with Crippen LogP contribution in [0.4, 0.5) is 18.9 Å². The molecule has 0 saturated carbocycles. The molecule has 0 aliphatic carbocycles. The highest BCUT2D eigenvalue weighted by molar-refractivity contribution is 9.09. The summed E-state index contributed by atoms with van der Waals surface area (Å²) in [7, 11) is 0. The summed E-state index contributed by atoms with van der Waals surface area (Å²) in [6.07, 6.45) is -4.44. The number of ether oxygens (including phenoxy) is 1. The van der Waals surface area contributed by atoms with Gasteiger partial charge in [-0.15, -0.1) is 0 Å². The lowest BCUT2D eigenvalue weighted by molar-refractivity contribution is -0.164. The Kier molecular flexibility index (Phi) is 3.81. The van der Waals surface area contributed by atoms with Crippen molar-refractivity contribution in [3.63, 3.8) is 0 Å². The highest BCUT2D eigenvalue weighted by Gasteiger charge is 2.39. The van der Waals surface area contributed by atoms with Crippen LogP contribution in [0.15, 0.2) is 24.3 Å². The third-order valence-electron chi connectivity index (χ3n) is 1.52. The average molecular weight is 285 g/mol. The number of nitrogens with one attached hydrogen (secondary N) is 1. The number of benzene rings is 1. The van der Waals surface area contributed by atoms with Crippen molar-refractivity contribution >= 4 is 21.6 Å². The molecule has 1 aromatic rings. The first-order valence-electron chi connectivity index (χ1n) is 3.87. The van der Waals surface area contributed by atoms with Gasteiger partial charge < -0.3 is 10.2 Å². The number of hydrogen-bond acceptors (Lipinski definition) is 3. The van der Waals surface area contributed by atoms with Gasteiger partial charge in [-0.1, -0.05) is 0 Å². The number of hydrazine groups is 1. The van der Waals surface area contributed by atoms with E-state index in [1.807, 2.05) is 0 Å². The summed E-state index contributed by atoms with van der Waals surface area (Å²) in [6.45, 7) is 0. The highest BCUT2D eigenvalue weighted by Crippen LogP contribution is 2.29. The zero-order chi connectivity index (χ0) is 11.5. The number of rotatable bonds is 3. The smallest absolute Gasteiger partial charge is 0.435 e. The zero-order valence-electron chi connectivity index (χ0n) is 7.38. The largest absolute Gasteiger partial charge is 0.470 e. The van der Waals surface area contributed by atoms with Crippen LogP contribution in [0, 0.1) is 0 Å². The Bertz CT molecular complexity index is 315. The maximum Gasteiger partial charge on any atom is 0.435 e. The first-order chi connectivity index (χ1) is 6.93. The van der Waals surface area contributed by atoms with Crippen molar-refractivity contribution in [1.29, 1.82) is 0 Å². The van der Waals surface area contributed by atoms with E-state index in [-0.39, 0.29) is 5.75 Å². The van der Waals surface area contributed by atoms with Crippen molar-refractivity contribution in [2.75, 3.05) is 5.43 Å². The first-order valence-corrected chi connectivity index (χ1v) is 4.79. The van der Waals surface area contributed by atoms with Crippen LogP contribution in [0.25, 0.3) is 0 Å². The standard InChI is InChI=1S/C8H8BrF3N2O/c9-7(8(10,11)12)15-6-3-1-5(14-13)2-4-6/h1-4,7,14H,13H2. The number of anilines is 1. The lowest BCUT2D eigenvalue weighted by atomic mass is 10.3. The van der Waals surface area contributed by atoms with Gasteiger partial charge in [0.1, 0.15) is 5.75 Å². The maximum atomic E-state index is 12.1. The summed E-state index contributed by atoms with van der Waals surface area (Å²) >= 11 is 2.38. The predicted molar refractivity (Wildman–Crippen MR) is 53.7 cm³/mol. The molecule has 1 unspecified atom stereocenters. The lowest BCUT2D eigenvalue weighted by Crippen LogP contribution is -2.28. The minimum Gasteiger partial charge on any atom is -0.470 e. The Morgan fingerprint density at radius 2 is 1.80 bits per heavy atom. The van der Waals surface area contributed by atoms with Crippen molar-refractivity contribution in [3.05, 3.63) is 24.3 Å². The van der Waals surface area contributed by atoms with E-state index < -0.39 is 11.2 Å². The number of nitrogens with two attached hydrogens (primary N) is 1. The molecule has 0 fully saturated rings. The molecule has 1 rings (SSSR count). The van der Waals surface area contributed by atoms with Gasteiger partial charge in [0.15, 0.2) is 0 Å². The van der Waals surface area contributed by atoms with Gasteiger partial charge in [0.25, 0.3) is 0 Å². The molecule has 15 heavy (non-hydrogen) atoms. The van der Waals surface area contributed by atoms with Gasteiger partial charge in [-0.05, 0) is 40.2 Å². The second kappa shape index (κ2) is 4.71. The molecule has 1 atom stereocenters. The van der Waals surface area contributed by atoms with Gasteiger partial charge in [-0.2, -0.15) is 13.2 Å². The zero-order valence-corrected chi connectivity index (χ0v) is 8.97. The van der Waals surface area contributed by atoms with Crippen LogP contribution >= 0.6 is 15.9 Å². The SMILES string of the molecule is NNc1ccc(OC(Br)C(F)(F)F)cc1. The second-order valence-corrected chi connectivity index (χ2v) is 3.48. The molecule has 0 aliphatic heterocycles. The summed E-state index contributed by atoms with van der Waals surface area (Å²) in [5.41, 5.74) is 2.93. The van der Waals surface area contributed by atoms with E-state index in [9.17, 15) is 13.2 Å². The van der Waals surface area contributed by atoms with Gasteiger partial charge in [0.05, 0.1) is 0 Å². The van der Waals surface area contributed by atoms with Crippen molar-refractivity contribution in [2.45, 2.75) is 11.2 Å². The molecule has 0 spiro atoms. The second-order valence-electron chi connectivity index (χ2n) is 2.64. The molecule has 84 valence electrons. The van der Waals surface area contributed by atoms with Gasteiger partial charge in [0, 0.05) is 5.69 Å². The monoisotopic (exact) mass is 284 g/mol. The molecule has 0 aromatic heterocycles. The summed E-state index contributed by atoms with van der Waals surface area (Å²) in [5.74, 6) is 5.20. The van der Waals surface area contributed by atoms with Gasteiger partial charge in [-0.3, -0.25) is 5.84 Å². The fourth-order valence-electron chi connectivity index (χ4n) is 0.816. The van der Waals surface area contributed by atoms with E-state index in [1.54, 1.807) is 0 Å². The Labute approximate surface area is 92.5 Å². The van der Waals surface area contributed by atoms with Gasteiger partial charge >= 0.3 is 6.18 Å². The molecule has 7 heteroatoms. The minimum absolute atomic E-state index is 0.105. The molecule has 0 bridgehead atoms. The van der Waals surface area contributed by atoms with Crippen LogP contribution in [-0.2, 0) is 0 Å². The predicted octanol–water partition coefficient (Wildman–Crippen LogP) is 2.63. The average Bonchev–Trinajstić information content (AvgIpc) is 2.17. The normalized spacial score (nSPS) is 13.4. The molecular weight excluding hydrogens is 277 g/mol. The van der Waals surface area contributed by atoms with E-state index in [0.717, 1.165) is 0 Å². The Morgan fingerprint density at radius 3 is 2.20 bits per heavy atom. The topological polar surface area (TPSA) is 47.3 Å². The first kappa shape index (κ1) is 12.1. The molecule has 0 aliphatic rings. The lowest BCUT2D eigenvalue weighted by Gasteiger charge is -2.16. The van der Waals surface area contributed by atoms with Crippen LogP contribution in [0.3, 0.4) is 0 Å². The van der Waals surface area contributed by atoms with Crippen molar-refractivity contribution in [1.82, 2.24) is 0 Å². The number of hydrogen-bond donors (Lipinski definition) is 2. The molecule has 0 heterocycles. The highest BCUT2D eigenvalue weighted by atomic mass is 79.9. The number of halogens is 4. The molecule has 1 aromatic carbocycles. The van der Waals surface area contributed by atoms with E-state index in [1.165, 1.54) is 24.3 Å². The van der Waals surface area contributed by atoms with Crippen molar-refractivity contribution in [3.8, 4) is 5.75 Å². The Hall–Kier alpha value is -0.950. The van der Waals surface area contributed by atoms with Gasteiger partial charge in [0.2, 0.25) is 5.01 Å². The van der Waals surface area contributed by atoms with E-state index >= 15 is 0 Å². The molecule has 3 nitrogen and oxygen atoms in total. The maximum absolute atomic E-state index is 12.1. The summed E-state index contributed by atoms with van der Waals surface area (Å²) in [6, 6.07) is 5.78. The Morgan fingerprint density at radius 1 is 1.27 bits per heavy atom. The molecule has 3 N–H and O–H groups in total. The summed E-state index contributed by atoms with van der Waals surface area (Å²) in [4.78, 5) is 0. The van der Waals surface area contributed by atoms with Crippen molar-refractivity contribution < 1.29 is 17.9 Å². The van der Waals surface area contributed by atoms with E-state index in [0.29, 0.717) is 5.69 Å². The van der Waals surface area contributed by atoms with Crippen LogP contribution in [-0.4, -0.2) is 11.2 Å². The third-order valence-corrected chi connectivity index (χ3v) is 2.22. The summed E-state index contributed by atoms with van der Waals surface area (Å²) < 4.78 is 40.8. The van der Waals surface area contributed by atoms with Crippen LogP contribution in [0.2, 0.25) is 0 Å². The molecule has 0 amide bonds. The Balaban J connectivity index is 2.65. The fourth-order valence-corrected chi connectivity index (χ4v) is 1.03. The van der Waals surface area contributed by atoms with Gasteiger partial charge in [-0.25, -0.2) is 0 Å². The van der Waals surface area contributed by atoms with Crippen LogP contribution in [0.1, 0.15) is 0 Å². The van der Waals surface area contributed by atoms with Crippen LogP contribution < -0.4 is 16.0 Å². The number of nitrogen functional groups attached to an aromatic ring is 1. The minimum atomic E-state index is -4.44. The van der Waals surface area contributed by atoms with Crippen molar-refractivity contribution in [2.24, 2.45) is 5.84 Å². The van der Waals surface area contributed by atoms with E-state index in [4.69, 9.17) is 5.84 Å². The third kappa shape index (κ3) is 3.60. The molecule has 0 radical (unpaired) electrons. The van der Waals surface area contributed by atoms with Crippen LogP contribution in [0.5, 0.6) is 5.75 Å². The van der Waals surface area contributed by atoms with E-state index in [2.05, 4.69) is 26.1 Å². The molecule has 0 saturated heterocycles. The fraction of sp³-hybridized carbons (Fsp3) is 0.250.